The van der Waals surface area contributed by atoms with Gasteiger partial charge in [-0.3, -0.25) is 9.78 Å². The van der Waals surface area contributed by atoms with Crippen molar-refractivity contribution >= 4 is 34.5 Å². The summed E-state index contributed by atoms with van der Waals surface area (Å²) in [5.74, 6) is 0.842. The van der Waals surface area contributed by atoms with Crippen LogP contribution in [-0.2, 0) is 11.3 Å². The van der Waals surface area contributed by atoms with Gasteiger partial charge in [0.1, 0.15) is 11.3 Å². The molecule has 6 nitrogen and oxygen atoms in total. The fraction of sp³-hybridized carbons (Fsp3) is 0.222. The van der Waals surface area contributed by atoms with Crippen molar-refractivity contribution in [2.24, 2.45) is 0 Å². The van der Waals surface area contributed by atoms with Gasteiger partial charge < -0.3 is 9.80 Å². The van der Waals surface area contributed by atoms with Crippen LogP contribution < -0.4 is 4.90 Å². The summed E-state index contributed by atoms with van der Waals surface area (Å²) in [6, 6.07) is 11.4. The van der Waals surface area contributed by atoms with Crippen LogP contribution in [0.5, 0.6) is 0 Å². The van der Waals surface area contributed by atoms with Crippen LogP contribution in [0.25, 0.3) is 11.2 Å². The fourth-order valence-corrected chi connectivity index (χ4v) is 3.03. The van der Waals surface area contributed by atoms with Crippen molar-refractivity contribution in [2.75, 3.05) is 24.5 Å². The maximum atomic E-state index is 12.5. The van der Waals surface area contributed by atoms with Crippen LogP contribution in [0, 0.1) is 0 Å². The summed E-state index contributed by atoms with van der Waals surface area (Å²) in [5.41, 5.74) is 2.42. The first-order valence-corrected chi connectivity index (χ1v) is 8.42. The molecule has 0 bridgehead atoms. The van der Waals surface area contributed by atoms with E-state index in [9.17, 15) is 4.79 Å². The molecule has 1 aliphatic rings. The zero-order chi connectivity index (χ0) is 17.2. The second kappa shape index (κ2) is 6.64. The van der Waals surface area contributed by atoms with E-state index in [1.807, 2.05) is 46.2 Å². The maximum absolute atomic E-state index is 12.5. The van der Waals surface area contributed by atoms with E-state index in [0.717, 1.165) is 23.4 Å². The SMILES string of the molecule is O=C1CN(c2ccc3nccnc3n2)CCN1Cc1ccc(Cl)cc1. The second-order valence-electron chi connectivity index (χ2n) is 5.93. The average molecular weight is 354 g/mol. The normalized spacial score (nSPS) is 15.0. The molecule has 0 spiro atoms. The van der Waals surface area contributed by atoms with E-state index in [-0.39, 0.29) is 5.91 Å². The number of benzene rings is 1. The van der Waals surface area contributed by atoms with E-state index in [2.05, 4.69) is 15.0 Å². The predicted octanol–water partition coefficient (Wildman–Crippen LogP) is 2.53. The van der Waals surface area contributed by atoms with Gasteiger partial charge in [0, 0.05) is 37.1 Å². The van der Waals surface area contributed by atoms with E-state index < -0.39 is 0 Å². The van der Waals surface area contributed by atoms with Gasteiger partial charge in [0.05, 0.1) is 6.54 Å². The molecule has 3 aromatic rings. The highest BCUT2D eigenvalue weighted by atomic mass is 35.5. The Hall–Kier alpha value is -2.73. The minimum atomic E-state index is 0.0854. The van der Waals surface area contributed by atoms with Crippen molar-refractivity contribution in [3.8, 4) is 0 Å². The van der Waals surface area contributed by atoms with Crippen LogP contribution in [0.2, 0.25) is 5.02 Å². The molecule has 0 saturated carbocycles. The van der Waals surface area contributed by atoms with E-state index in [0.29, 0.717) is 30.3 Å². The third kappa shape index (κ3) is 3.39. The Morgan fingerprint density at radius 1 is 1.00 bits per heavy atom. The molecule has 0 unspecified atom stereocenters. The van der Waals surface area contributed by atoms with Gasteiger partial charge in [-0.05, 0) is 29.8 Å². The molecular formula is C18H16ClN5O. The molecule has 25 heavy (non-hydrogen) atoms. The molecule has 126 valence electrons. The van der Waals surface area contributed by atoms with E-state index >= 15 is 0 Å². The number of amides is 1. The summed E-state index contributed by atoms with van der Waals surface area (Å²) < 4.78 is 0. The molecule has 7 heteroatoms. The van der Waals surface area contributed by atoms with Crippen LogP contribution in [0.3, 0.4) is 0 Å². The number of nitrogens with zero attached hydrogens (tertiary/aromatic N) is 5. The molecule has 0 radical (unpaired) electrons. The predicted molar refractivity (Wildman–Crippen MR) is 96.4 cm³/mol. The maximum Gasteiger partial charge on any atom is 0.242 e. The number of aromatic nitrogens is 3. The number of carbonyl (C=O) groups is 1. The standard InChI is InChI=1S/C18H16ClN5O/c19-14-3-1-13(2-4-14)11-24-10-9-23(12-17(24)25)16-6-5-15-18(22-16)21-8-7-20-15/h1-8H,9-12H2. The lowest BCUT2D eigenvalue weighted by Gasteiger charge is -2.35. The number of carbonyl (C=O) groups excluding carboxylic acids is 1. The molecular weight excluding hydrogens is 338 g/mol. The summed E-state index contributed by atoms with van der Waals surface area (Å²) in [4.78, 5) is 29.3. The monoisotopic (exact) mass is 353 g/mol. The van der Waals surface area contributed by atoms with Crippen molar-refractivity contribution < 1.29 is 4.79 Å². The van der Waals surface area contributed by atoms with Gasteiger partial charge in [0.25, 0.3) is 0 Å². The summed E-state index contributed by atoms with van der Waals surface area (Å²) in [6.07, 6.45) is 3.26. The Balaban J connectivity index is 1.46. The van der Waals surface area contributed by atoms with Crippen molar-refractivity contribution in [2.45, 2.75) is 6.54 Å². The van der Waals surface area contributed by atoms with E-state index in [1.54, 1.807) is 12.4 Å². The quantitative estimate of drug-likeness (QED) is 0.724. The highest BCUT2D eigenvalue weighted by Crippen LogP contribution is 2.19. The van der Waals surface area contributed by atoms with Crippen LogP contribution >= 0.6 is 11.6 Å². The summed E-state index contributed by atoms with van der Waals surface area (Å²) >= 11 is 5.91. The number of pyridine rings is 1. The number of hydrogen-bond acceptors (Lipinski definition) is 5. The van der Waals surface area contributed by atoms with Crippen LogP contribution in [0.1, 0.15) is 5.56 Å². The third-order valence-corrected chi connectivity index (χ3v) is 4.50. The van der Waals surface area contributed by atoms with Gasteiger partial charge in [-0.15, -0.1) is 0 Å². The van der Waals surface area contributed by atoms with Gasteiger partial charge in [0.2, 0.25) is 5.91 Å². The Labute approximate surface area is 150 Å². The molecule has 1 fully saturated rings. The molecule has 3 heterocycles. The average Bonchev–Trinajstić information content (AvgIpc) is 2.65. The molecule has 1 amide bonds. The molecule has 0 aliphatic carbocycles. The van der Waals surface area contributed by atoms with Crippen LogP contribution in [-0.4, -0.2) is 45.4 Å². The zero-order valence-electron chi connectivity index (χ0n) is 13.5. The summed E-state index contributed by atoms with van der Waals surface area (Å²) in [7, 11) is 0. The molecule has 0 N–H and O–H groups in total. The molecule has 1 aliphatic heterocycles. The summed E-state index contributed by atoms with van der Waals surface area (Å²) in [5, 5.41) is 0.699. The molecule has 1 saturated heterocycles. The number of anilines is 1. The Morgan fingerprint density at radius 2 is 1.80 bits per heavy atom. The fourth-order valence-electron chi connectivity index (χ4n) is 2.90. The number of halogens is 1. The van der Waals surface area contributed by atoms with Crippen LogP contribution in [0.4, 0.5) is 5.82 Å². The highest BCUT2D eigenvalue weighted by Gasteiger charge is 2.25. The number of hydrogen-bond donors (Lipinski definition) is 0. The third-order valence-electron chi connectivity index (χ3n) is 4.25. The van der Waals surface area contributed by atoms with Crippen LogP contribution in [0.15, 0.2) is 48.8 Å². The number of fused-ring (bicyclic) bond motifs is 1. The molecule has 4 rings (SSSR count). The van der Waals surface area contributed by atoms with E-state index in [4.69, 9.17) is 11.6 Å². The first kappa shape index (κ1) is 15.8. The van der Waals surface area contributed by atoms with Crippen molar-refractivity contribution in [3.05, 3.63) is 59.4 Å². The molecule has 2 aromatic heterocycles. The topological polar surface area (TPSA) is 62.2 Å². The van der Waals surface area contributed by atoms with Gasteiger partial charge in [-0.25, -0.2) is 9.97 Å². The number of rotatable bonds is 3. The van der Waals surface area contributed by atoms with Gasteiger partial charge in [-0.1, -0.05) is 23.7 Å². The largest absolute Gasteiger partial charge is 0.345 e. The van der Waals surface area contributed by atoms with Gasteiger partial charge in [0.15, 0.2) is 5.65 Å². The highest BCUT2D eigenvalue weighted by molar-refractivity contribution is 6.30. The lowest BCUT2D eigenvalue weighted by molar-refractivity contribution is -0.131. The Morgan fingerprint density at radius 3 is 2.60 bits per heavy atom. The number of piperazine rings is 1. The molecule has 1 aromatic carbocycles. The van der Waals surface area contributed by atoms with Crippen molar-refractivity contribution in [1.82, 2.24) is 19.9 Å². The molecule has 0 atom stereocenters. The van der Waals surface area contributed by atoms with E-state index in [1.165, 1.54) is 0 Å². The Bertz CT molecular complexity index is 915. The lowest BCUT2D eigenvalue weighted by atomic mass is 10.2. The minimum Gasteiger partial charge on any atom is -0.345 e. The van der Waals surface area contributed by atoms with Gasteiger partial charge >= 0.3 is 0 Å². The van der Waals surface area contributed by atoms with Crippen molar-refractivity contribution in [3.63, 3.8) is 0 Å². The summed E-state index contributed by atoms with van der Waals surface area (Å²) in [6.45, 7) is 2.30. The zero-order valence-corrected chi connectivity index (χ0v) is 14.2. The van der Waals surface area contributed by atoms with Crippen molar-refractivity contribution in [1.29, 1.82) is 0 Å². The second-order valence-corrected chi connectivity index (χ2v) is 6.37. The first-order valence-electron chi connectivity index (χ1n) is 8.04. The first-order chi connectivity index (χ1) is 12.2. The van der Waals surface area contributed by atoms with Gasteiger partial charge in [-0.2, -0.15) is 0 Å². The minimum absolute atomic E-state index is 0.0854. The lowest BCUT2D eigenvalue weighted by Crippen LogP contribution is -2.50. The Kier molecular flexibility index (Phi) is 4.19. The smallest absolute Gasteiger partial charge is 0.242 e.